The van der Waals surface area contributed by atoms with Crippen LogP contribution in [0.1, 0.15) is 13.8 Å². The lowest BCUT2D eigenvalue weighted by Gasteiger charge is -2.13. The Balaban J connectivity index is 3.00. The molecule has 0 aromatic heterocycles. The maximum Gasteiger partial charge on any atom is 0.299 e. The molecule has 17 heavy (non-hydrogen) atoms. The molecule has 0 spiro atoms. The molecule has 5 nitrogen and oxygen atoms in total. The summed E-state index contributed by atoms with van der Waals surface area (Å²) < 4.78 is 40.2. The molecule has 1 rings (SSSR count). The highest BCUT2D eigenvalue weighted by molar-refractivity contribution is 7.90. The largest absolute Gasteiger partial charge is 0.506 e. The van der Waals surface area contributed by atoms with Crippen molar-refractivity contribution in [3.05, 3.63) is 23.0 Å². The van der Waals surface area contributed by atoms with Gasteiger partial charge in [0.1, 0.15) is 11.6 Å². The summed E-state index contributed by atoms with van der Waals surface area (Å²) in [5, 5.41) is 9.07. The van der Waals surface area contributed by atoms with Crippen molar-refractivity contribution in [2.75, 3.05) is 4.72 Å². The molecule has 0 aliphatic carbocycles. The first-order chi connectivity index (χ1) is 7.71. The van der Waals surface area contributed by atoms with Gasteiger partial charge in [-0.2, -0.15) is 13.1 Å². The number of halogens is 2. The second kappa shape index (κ2) is 5.07. The normalized spacial score (nSPS) is 11.8. The summed E-state index contributed by atoms with van der Waals surface area (Å²) in [6.07, 6.45) is 0. The Kier molecular flexibility index (Phi) is 4.18. The Labute approximate surface area is 104 Å². The molecule has 0 aliphatic rings. The Hall–Kier alpha value is -1.05. The molecule has 0 saturated heterocycles. The molecule has 0 saturated carbocycles. The first kappa shape index (κ1) is 14.0. The van der Waals surface area contributed by atoms with Gasteiger partial charge in [-0.1, -0.05) is 11.6 Å². The average molecular weight is 283 g/mol. The minimum absolute atomic E-state index is 0.190. The minimum Gasteiger partial charge on any atom is -0.506 e. The van der Waals surface area contributed by atoms with Crippen LogP contribution in [0.25, 0.3) is 0 Å². The van der Waals surface area contributed by atoms with Crippen LogP contribution in [0.4, 0.5) is 10.1 Å². The number of hydrogen-bond acceptors (Lipinski definition) is 3. The molecule has 1 aromatic carbocycles. The zero-order valence-corrected chi connectivity index (χ0v) is 10.7. The standard InChI is InChI=1S/C9H12ClFN2O3S/c1-5(2)12-17(15,16)13-8-3-6(10)7(11)4-9(8)14/h3-5,12-14H,1-2H3. The van der Waals surface area contributed by atoms with Crippen molar-refractivity contribution in [1.82, 2.24) is 4.72 Å². The fourth-order valence-corrected chi connectivity index (χ4v) is 2.40. The van der Waals surface area contributed by atoms with Gasteiger partial charge in [-0.3, -0.25) is 4.72 Å². The van der Waals surface area contributed by atoms with E-state index in [1.165, 1.54) is 0 Å². The monoisotopic (exact) mass is 282 g/mol. The summed E-state index contributed by atoms with van der Waals surface area (Å²) in [6, 6.07) is 1.41. The highest BCUT2D eigenvalue weighted by Crippen LogP contribution is 2.29. The van der Waals surface area contributed by atoms with Crippen molar-refractivity contribution in [1.29, 1.82) is 0 Å². The Morgan fingerprint density at radius 2 is 2.00 bits per heavy atom. The van der Waals surface area contributed by atoms with Crippen LogP contribution in [0.2, 0.25) is 5.02 Å². The predicted molar refractivity (Wildman–Crippen MR) is 63.9 cm³/mol. The first-order valence-corrected chi connectivity index (χ1v) is 6.55. The third kappa shape index (κ3) is 4.03. The zero-order valence-electron chi connectivity index (χ0n) is 9.16. The van der Waals surface area contributed by atoms with E-state index in [0.29, 0.717) is 0 Å². The summed E-state index contributed by atoms with van der Waals surface area (Å²) in [5.74, 6) is -1.37. The van der Waals surface area contributed by atoms with Gasteiger partial charge in [0.25, 0.3) is 10.2 Å². The Bertz CT molecular complexity index is 519. The van der Waals surface area contributed by atoms with E-state index >= 15 is 0 Å². The SMILES string of the molecule is CC(C)NS(=O)(=O)Nc1cc(Cl)c(F)cc1O. The second-order valence-corrected chi connectivity index (χ2v) is 5.52. The smallest absolute Gasteiger partial charge is 0.299 e. The lowest BCUT2D eigenvalue weighted by molar-refractivity contribution is 0.471. The number of benzene rings is 1. The molecule has 0 aliphatic heterocycles. The van der Waals surface area contributed by atoms with E-state index in [2.05, 4.69) is 4.72 Å². The van der Waals surface area contributed by atoms with E-state index in [4.69, 9.17) is 11.6 Å². The van der Waals surface area contributed by atoms with E-state index in [-0.39, 0.29) is 16.8 Å². The van der Waals surface area contributed by atoms with Crippen molar-refractivity contribution in [3.63, 3.8) is 0 Å². The topological polar surface area (TPSA) is 78.4 Å². The van der Waals surface area contributed by atoms with Crippen molar-refractivity contribution in [2.45, 2.75) is 19.9 Å². The number of phenols is 1. The van der Waals surface area contributed by atoms with Crippen LogP contribution in [-0.4, -0.2) is 19.6 Å². The molecule has 1 aromatic rings. The molecule has 3 N–H and O–H groups in total. The highest BCUT2D eigenvalue weighted by Gasteiger charge is 2.15. The van der Waals surface area contributed by atoms with Crippen LogP contribution < -0.4 is 9.44 Å². The number of nitrogens with one attached hydrogen (secondary N) is 2. The molecular formula is C9H12ClFN2O3S. The van der Waals surface area contributed by atoms with E-state index in [1.54, 1.807) is 13.8 Å². The number of hydrogen-bond donors (Lipinski definition) is 3. The number of phenolic OH excluding ortho intramolecular Hbond substituents is 1. The van der Waals surface area contributed by atoms with Crippen LogP contribution in [0, 0.1) is 5.82 Å². The van der Waals surface area contributed by atoms with Crippen LogP contribution >= 0.6 is 11.6 Å². The fourth-order valence-electron chi connectivity index (χ4n) is 1.10. The van der Waals surface area contributed by atoms with E-state index in [0.717, 1.165) is 12.1 Å². The summed E-state index contributed by atoms with van der Waals surface area (Å²) in [7, 11) is -3.83. The summed E-state index contributed by atoms with van der Waals surface area (Å²) in [5.41, 5.74) is -0.190. The van der Waals surface area contributed by atoms with Crippen molar-refractivity contribution >= 4 is 27.5 Å². The highest BCUT2D eigenvalue weighted by atomic mass is 35.5. The third-order valence-corrected chi connectivity index (χ3v) is 3.23. The van der Waals surface area contributed by atoms with E-state index < -0.39 is 21.8 Å². The van der Waals surface area contributed by atoms with Gasteiger partial charge in [0.15, 0.2) is 0 Å². The van der Waals surface area contributed by atoms with Gasteiger partial charge in [-0.25, -0.2) is 4.39 Å². The maximum atomic E-state index is 12.9. The van der Waals surface area contributed by atoms with E-state index in [9.17, 15) is 17.9 Å². The molecule has 0 amide bonds. The Morgan fingerprint density at radius 1 is 1.41 bits per heavy atom. The van der Waals surface area contributed by atoms with Crippen LogP contribution in [-0.2, 0) is 10.2 Å². The molecule has 0 bridgehead atoms. The fraction of sp³-hybridized carbons (Fsp3) is 0.333. The molecule has 0 heterocycles. The lowest BCUT2D eigenvalue weighted by atomic mass is 10.3. The third-order valence-electron chi connectivity index (χ3n) is 1.67. The number of anilines is 1. The summed E-state index contributed by atoms with van der Waals surface area (Å²) in [4.78, 5) is 0. The van der Waals surface area contributed by atoms with Gasteiger partial charge in [0.2, 0.25) is 0 Å². The molecule has 0 atom stereocenters. The second-order valence-electron chi connectivity index (χ2n) is 3.66. The van der Waals surface area contributed by atoms with Crippen LogP contribution in [0.3, 0.4) is 0 Å². The molecule has 0 radical (unpaired) electrons. The van der Waals surface area contributed by atoms with Gasteiger partial charge < -0.3 is 5.11 Å². The van der Waals surface area contributed by atoms with Gasteiger partial charge in [-0.05, 0) is 19.9 Å². The molecule has 0 fully saturated rings. The molecule has 0 unspecified atom stereocenters. The van der Waals surface area contributed by atoms with Gasteiger partial charge in [0.05, 0.1) is 10.7 Å². The number of rotatable bonds is 4. The van der Waals surface area contributed by atoms with Gasteiger partial charge >= 0.3 is 0 Å². The molecule has 96 valence electrons. The van der Waals surface area contributed by atoms with Crippen molar-refractivity contribution in [2.24, 2.45) is 0 Å². The molecule has 8 heteroatoms. The maximum absolute atomic E-state index is 12.9. The lowest BCUT2D eigenvalue weighted by Crippen LogP contribution is -2.35. The van der Waals surface area contributed by atoms with E-state index in [1.807, 2.05) is 4.72 Å². The van der Waals surface area contributed by atoms with Crippen LogP contribution in [0.15, 0.2) is 12.1 Å². The summed E-state index contributed by atoms with van der Waals surface area (Å²) in [6.45, 7) is 3.27. The average Bonchev–Trinajstić information content (AvgIpc) is 2.11. The Morgan fingerprint density at radius 3 is 2.53 bits per heavy atom. The molecular weight excluding hydrogens is 271 g/mol. The first-order valence-electron chi connectivity index (χ1n) is 4.69. The zero-order chi connectivity index (χ0) is 13.2. The minimum atomic E-state index is -3.83. The number of aromatic hydroxyl groups is 1. The predicted octanol–water partition coefficient (Wildman–Crippen LogP) is 1.84. The van der Waals surface area contributed by atoms with Gasteiger partial charge in [0, 0.05) is 12.1 Å². The van der Waals surface area contributed by atoms with Crippen LogP contribution in [0.5, 0.6) is 5.75 Å². The van der Waals surface area contributed by atoms with Gasteiger partial charge in [-0.15, -0.1) is 0 Å². The quantitative estimate of drug-likeness (QED) is 0.737. The summed E-state index contributed by atoms with van der Waals surface area (Å²) >= 11 is 5.48. The van der Waals surface area contributed by atoms with Crippen molar-refractivity contribution in [3.8, 4) is 5.75 Å². The van der Waals surface area contributed by atoms with Crippen molar-refractivity contribution < 1.29 is 17.9 Å².